The van der Waals surface area contributed by atoms with Gasteiger partial charge in [-0.3, -0.25) is 4.79 Å². The molecule has 0 radical (unpaired) electrons. The molecule has 6 heteroatoms. The molecule has 2 rings (SSSR count). The third kappa shape index (κ3) is 2.12. The van der Waals surface area contributed by atoms with Crippen LogP contribution in [0.5, 0.6) is 5.75 Å². The number of aromatic hydroxyl groups is 1. The Balaban J connectivity index is 2.53. The predicted molar refractivity (Wildman–Crippen MR) is 66.1 cm³/mol. The van der Waals surface area contributed by atoms with Crippen molar-refractivity contribution in [1.82, 2.24) is 4.90 Å². The number of carbonyl (C=O) groups excluding carboxylic acids is 1. The second-order valence-corrected chi connectivity index (χ2v) is 5.08. The van der Waals surface area contributed by atoms with Crippen molar-refractivity contribution in [2.45, 2.75) is 11.2 Å². The highest BCUT2D eigenvalue weighted by Gasteiger charge is 2.29. The standard InChI is InChI=1S/C12H10BrF2NO2/c1-16-10(3-2-7(13)12(16)18)11-8(14)4-6(17)5-9(11)15/h3-5,7,17H,2H2,1H3. The summed E-state index contributed by atoms with van der Waals surface area (Å²) in [5.41, 5.74) is -0.131. The van der Waals surface area contributed by atoms with Crippen molar-refractivity contribution in [2.75, 3.05) is 7.05 Å². The minimum atomic E-state index is -0.897. The number of nitrogens with zero attached hydrogens (tertiary/aromatic N) is 1. The zero-order chi connectivity index (χ0) is 13.4. The van der Waals surface area contributed by atoms with Gasteiger partial charge < -0.3 is 10.0 Å². The highest BCUT2D eigenvalue weighted by molar-refractivity contribution is 9.10. The summed E-state index contributed by atoms with van der Waals surface area (Å²) in [6.07, 6.45) is 1.94. The van der Waals surface area contributed by atoms with Crippen molar-refractivity contribution in [3.63, 3.8) is 0 Å². The van der Waals surface area contributed by atoms with Crippen molar-refractivity contribution in [3.8, 4) is 5.75 Å². The molecule has 0 aromatic heterocycles. The van der Waals surface area contributed by atoms with Crippen LogP contribution in [0.1, 0.15) is 12.0 Å². The number of hydrogen-bond donors (Lipinski definition) is 1. The van der Waals surface area contributed by atoms with E-state index < -0.39 is 17.4 Å². The zero-order valence-corrected chi connectivity index (χ0v) is 11.0. The number of rotatable bonds is 1. The SMILES string of the molecule is CN1C(=O)C(Br)CC=C1c1c(F)cc(O)cc1F. The molecule has 18 heavy (non-hydrogen) atoms. The number of alkyl halides is 1. The van der Waals surface area contributed by atoms with Gasteiger partial charge >= 0.3 is 0 Å². The van der Waals surface area contributed by atoms with Gasteiger partial charge in [-0.05, 0) is 6.42 Å². The van der Waals surface area contributed by atoms with E-state index in [9.17, 15) is 13.6 Å². The average molecular weight is 318 g/mol. The topological polar surface area (TPSA) is 40.5 Å². The zero-order valence-electron chi connectivity index (χ0n) is 9.45. The van der Waals surface area contributed by atoms with Gasteiger partial charge in [0, 0.05) is 19.2 Å². The van der Waals surface area contributed by atoms with Crippen LogP contribution in [0.2, 0.25) is 0 Å². The monoisotopic (exact) mass is 317 g/mol. The number of phenols is 1. The van der Waals surface area contributed by atoms with Crippen LogP contribution in [-0.4, -0.2) is 27.8 Å². The molecule has 1 aromatic rings. The van der Waals surface area contributed by atoms with Crippen LogP contribution in [0, 0.1) is 11.6 Å². The number of benzene rings is 1. The molecule has 0 spiro atoms. The van der Waals surface area contributed by atoms with Crippen LogP contribution in [-0.2, 0) is 4.79 Å². The number of halogens is 3. The van der Waals surface area contributed by atoms with Gasteiger partial charge in [-0.25, -0.2) is 8.78 Å². The Labute approximate surface area is 111 Å². The Kier molecular flexibility index (Phi) is 3.38. The number of carbonyl (C=O) groups is 1. The fourth-order valence-electron chi connectivity index (χ4n) is 1.86. The highest BCUT2D eigenvalue weighted by Crippen LogP contribution is 2.32. The average Bonchev–Trinajstić information content (AvgIpc) is 2.28. The summed E-state index contributed by atoms with van der Waals surface area (Å²) < 4.78 is 27.4. The van der Waals surface area contributed by atoms with Crippen molar-refractivity contribution in [1.29, 1.82) is 0 Å². The molecule has 1 heterocycles. The van der Waals surface area contributed by atoms with Crippen LogP contribution < -0.4 is 0 Å². The molecule has 1 amide bonds. The maximum Gasteiger partial charge on any atom is 0.240 e. The van der Waals surface area contributed by atoms with E-state index in [2.05, 4.69) is 15.9 Å². The molecular weight excluding hydrogens is 308 g/mol. The predicted octanol–water partition coefficient (Wildman–Crippen LogP) is 2.64. The second kappa shape index (κ2) is 4.68. The first-order chi connectivity index (χ1) is 8.41. The largest absolute Gasteiger partial charge is 0.508 e. The molecule has 0 saturated carbocycles. The maximum atomic E-state index is 13.7. The molecule has 1 N–H and O–H groups in total. The van der Waals surface area contributed by atoms with E-state index in [4.69, 9.17) is 5.11 Å². The van der Waals surface area contributed by atoms with Gasteiger partial charge in [0.1, 0.15) is 17.4 Å². The number of amides is 1. The van der Waals surface area contributed by atoms with Crippen molar-refractivity contribution < 1.29 is 18.7 Å². The van der Waals surface area contributed by atoms with E-state index in [0.29, 0.717) is 6.42 Å². The summed E-state index contributed by atoms with van der Waals surface area (Å²) in [5, 5.41) is 9.09. The molecule has 0 aliphatic carbocycles. The van der Waals surface area contributed by atoms with Crippen molar-refractivity contribution in [2.24, 2.45) is 0 Å². The Morgan fingerprint density at radius 3 is 2.50 bits per heavy atom. The Morgan fingerprint density at radius 2 is 1.94 bits per heavy atom. The summed E-state index contributed by atoms with van der Waals surface area (Å²) >= 11 is 3.18. The van der Waals surface area contributed by atoms with Gasteiger partial charge in [0.2, 0.25) is 5.91 Å². The van der Waals surface area contributed by atoms with Gasteiger partial charge in [-0.2, -0.15) is 0 Å². The van der Waals surface area contributed by atoms with Crippen molar-refractivity contribution >= 4 is 27.5 Å². The van der Waals surface area contributed by atoms with Crippen molar-refractivity contribution in [3.05, 3.63) is 35.4 Å². The quantitative estimate of drug-likeness (QED) is 0.809. The second-order valence-electron chi connectivity index (χ2n) is 3.97. The van der Waals surface area contributed by atoms with Crippen LogP contribution in [0.25, 0.3) is 5.70 Å². The molecule has 0 fully saturated rings. The summed E-state index contributed by atoms with van der Waals surface area (Å²) in [6, 6.07) is 1.63. The smallest absolute Gasteiger partial charge is 0.240 e. The molecule has 3 nitrogen and oxygen atoms in total. The van der Waals surface area contributed by atoms with Gasteiger partial charge in [-0.1, -0.05) is 22.0 Å². The molecule has 0 saturated heterocycles. The van der Waals surface area contributed by atoms with E-state index in [-0.39, 0.29) is 22.0 Å². The Morgan fingerprint density at radius 1 is 1.39 bits per heavy atom. The van der Waals surface area contributed by atoms with E-state index in [1.807, 2.05) is 0 Å². The lowest BCUT2D eigenvalue weighted by molar-refractivity contribution is -0.126. The van der Waals surface area contributed by atoms with Crippen LogP contribution >= 0.6 is 15.9 Å². The van der Waals surface area contributed by atoms with E-state index in [0.717, 1.165) is 12.1 Å². The molecule has 0 bridgehead atoms. The summed E-state index contributed by atoms with van der Waals surface area (Å²) in [7, 11) is 1.45. The van der Waals surface area contributed by atoms with Crippen LogP contribution in [0.3, 0.4) is 0 Å². The normalized spacial score (nSPS) is 20.0. The number of hydrogen-bond acceptors (Lipinski definition) is 2. The summed E-state index contributed by atoms with van der Waals surface area (Å²) in [6.45, 7) is 0. The summed E-state index contributed by atoms with van der Waals surface area (Å²) in [4.78, 5) is 12.6. The highest BCUT2D eigenvalue weighted by atomic mass is 79.9. The lowest BCUT2D eigenvalue weighted by atomic mass is 10.0. The first kappa shape index (κ1) is 13.0. The van der Waals surface area contributed by atoms with Gasteiger partial charge in [0.25, 0.3) is 0 Å². The fraction of sp³-hybridized carbons (Fsp3) is 0.250. The first-order valence-electron chi connectivity index (χ1n) is 5.22. The Hall–Kier alpha value is -1.43. The number of allylic oxidation sites excluding steroid dienone is 1. The van der Waals surface area contributed by atoms with E-state index >= 15 is 0 Å². The molecule has 1 aliphatic rings. The van der Waals surface area contributed by atoms with Gasteiger partial charge in [0.05, 0.1) is 16.1 Å². The van der Waals surface area contributed by atoms with Crippen LogP contribution in [0.4, 0.5) is 8.78 Å². The molecule has 1 aliphatic heterocycles. The lowest BCUT2D eigenvalue weighted by Crippen LogP contribution is -2.35. The minimum absolute atomic E-state index is 0.172. The fourth-order valence-corrected chi connectivity index (χ4v) is 2.35. The first-order valence-corrected chi connectivity index (χ1v) is 6.13. The third-order valence-electron chi connectivity index (χ3n) is 2.76. The minimum Gasteiger partial charge on any atom is -0.508 e. The van der Waals surface area contributed by atoms with E-state index in [1.54, 1.807) is 6.08 Å². The van der Waals surface area contributed by atoms with Crippen LogP contribution in [0.15, 0.2) is 18.2 Å². The lowest BCUT2D eigenvalue weighted by Gasteiger charge is -2.28. The maximum absolute atomic E-state index is 13.7. The number of phenolic OH excluding ortho intramolecular Hbond substituents is 1. The molecule has 1 aromatic carbocycles. The summed E-state index contributed by atoms with van der Waals surface area (Å²) in [5.74, 6) is -2.55. The van der Waals surface area contributed by atoms with E-state index in [1.165, 1.54) is 11.9 Å². The van der Waals surface area contributed by atoms with Gasteiger partial charge in [0.15, 0.2) is 0 Å². The van der Waals surface area contributed by atoms with Gasteiger partial charge in [-0.15, -0.1) is 0 Å². The molecule has 96 valence electrons. The molecule has 1 unspecified atom stereocenters. The Bertz CT molecular complexity index is 522. The molecular formula is C12H10BrF2NO2. The third-order valence-corrected chi connectivity index (χ3v) is 3.53. The molecule has 1 atom stereocenters.